The maximum atomic E-state index is 13.2. The van der Waals surface area contributed by atoms with Crippen molar-refractivity contribution in [1.82, 2.24) is 15.1 Å². The molecular formula is C26H25F3N4O6. The van der Waals surface area contributed by atoms with Crippen molar-refractivity contribution in [2.75, 3.05) is 13.1 Å². The Morgan fingerprint density at radius 1 is 1.08 bits per heavy atom. The van der Waals surface area contributed by atoms with Crippen LogP contribution >= 0.6 is 0 Å². The first-order valence-electron chi connectivity index (χ1n) is 12.0. The van der Waals surface area contributed by atoms with E-state index in [4.69, 9.17) is 15.6 Å². The number of carbonyl (C=O) groups excluding carboxylic acids is 4. The van der Waals surface area contributed by atoms with Gasteiger partial charge in [-0.25, -0.2) is 4.79 Å². The molecule has 4 N–H and O–H groups in total. The number of carbonyl (C=O) groups is 5. The third-order valence-electron chi connectivity index (χ3n) is 6.95. The van der Waals surface area contributed by atoms with Crippen LogP contribution in [0.1, 0.15) is 51.1 Å². The van der Waals surface area contributed by atoms with Crippen LogP contribution in [0.15, 0.2) is 48.5 Å². The van der Waals surface area contributed by atoms with E-state index in [1.807, 2.05) is 30.3 Å². The number of nitrogens with one attached hydrogen (secondary N) is 1. The molecule has 3 aliphatic heterocycles. The molecule has 3 heterocycles. The number of rotatable bonds is 3. The molecule has 2 atom stereocenters. The zero-order valence-electron chi connectivity index (χ0n) is 20.5. The highest BCUT2D eigenvalue weighted by molar-refractivity contribution is 6.06. The van der Waals surface area contributed by atoms with E-state index in [0.717, 1.165) is 5.56 Å². The lowest BCUT2D eigenvalue weighted by Gasteiger charge is -2.29. The Hall–Kier alpha value is -4.26. The van der Waals surface area contributed by atoms with Crippen LogP contribution in [0.3, 0.4) is 0 Å². The minimum Gasteiger partial charge on any atom is -0.475 e. The minimum absolute atomic E-state index is 0.122. The van der Waals surface area contributed by atoms with E-state index < -0.39 is 29.6 Å². The highest BCUT2D eigenvalue weighted by Crippen LogP contribution is 2.32. The molecule has 10 nitrogen and oxygen atoms in total. The third kappa shape index (κ3) is 5.77. The van der Waals surface area contributed by atoms with E-state index in [2.05, 4.69) is 5.32 Å². The van der Waals surface area contributed by atoms with Gasteiger partial charge in [0.1, 0.15) is 6.04 Å². The third-order valence-corrected chi connectivity index (χ3v) is 6.95. The first kappa shape index (κ1) is 27.8. The number of piperidine rings is 1. The van der Waals surface area contributed by atoms with Crippen molar-refractivity contribution in [3.05, 3.63) is 70.8 Å². The van der Waals surface area contributed by atoms with Crippen LogP contribution in [-0.2, 0) is 26.5 Å². The number of amides is 4. The van der Waals surface area contributed by atoms with Gasteiger partial charge in [0.15, 0.2) is 0 Å². The van der Waals surface area contributed by atoms with Crippen LogP contribution in [0.5, 0.6) is 0 Å². The molecule has 2 saturated heterocycles. The number of carboxylic acids is 1. The minimum atomic E-state index is -5.08. The summed E-state index contributed by atoms with van der Waals surface area (Å²) in [5.41, 5.74) is 8.75. The number of alkyl halides is 3. The first-order valence-corrected chi connectivity index (χ1v) is 12.0. The molecular weight excluding hydrogens is 521 g/mol. The van der Waals surface area contributed by atoms with Gasteiger partial charge in [-0.2, -0.15) is 13.2 Å². The summed E-state index contributed by atoms with van der Waals surface area (Å²) in [5.74, 6) is -3.90. The average Bonchev–Trinajstić information content (AvgIpc) is 3.45. The summed E-state index contributed by atoms with van der Waals surface area (Å²) in [7, 11) is 0. The quantitative estimate of drug-likeness (QED) is 0.497. The Labute approximate surface area is 220 Å². The molecule has 0 spiro atoms. The smallest absolute Gasteiger partial charge is 0.475 e. The predicted molar refractivity (Wildman–Crippen MR) is 129 cm³/mol. The highest BCUT2D eigenvalue weighted by atomic mass is 19.4. The van der Waals surface area contributed by atoms with Gasteiger partial charge in [-0.05, 0) is 42.2 Å². The molecule has 0 bridgehead atoms. The van der Waals surface area contributed by atoms with Crippen molar-refractivity contribution in [3.8, 4) is 0 Å². The number of fused-ring (bicyclic) bond motifs is 1. The fourth-order valence-corrected chi connectivity index (χ4v) is 4.90. The Bertz CT molecular complexity index is 1330. The van der Waals surface area contributed by atoms with Crippen molar-refractivity contribution in [1.29, 1.82) is 0 Å². The predicted octanol–water partition coefficient (Wildman–Crippen LogP) is 1.78. The number of likely N-dealkylation sites (tertiary alicyclic amines) is 1. The van der Waals surface area contributed by atoms with E-state index in [1.165, 1.54) is 4.90 Å². The molecule has 0 aromatic heterocycles. The normalized spacial score (nSPS) is 22.7. The molecule has 206 valence electrons. The van der Waals surface area contributed by atoms with Gasteiger partial charge in [-0.3, -0.25) is 24.5 Å². The summed E-state index contributed by atoms with van der Waals surface area (Å²) in [6.45, 7) is 1.23. The van der Waals surface area contributed by atoms with Crippen LogP contribution in [-0.4, -0.2) is 69.8 Å². The van der Waals surface area contributed by atoms with E-state index in [9.17, 15) is 32.3 Å². The number of benzene rings is 2. The second-order valence-corrected chi connectivity index (χ2v) is 9.57. The van der Waals surface area contributed by atoms with Gasteiger partial charge >= 0.3 is 12.1 Å². The molecule has 0 saturated carbocycles. The standard InChI is InChI=1S/C24H24N4O4.C2HF3O2/c25-24(17-4-2-1-3-5-17)10-11-27(14-24)22(31)15-6-7-18-16(12-15)13-28(23(18)32)19-8-9-20(29)26-21(19)30;3-2(4,5)1(6)7/h1-7,12,19H,8-11,13-14,25H2,(H,26,29,30);(H,6,7). The van der Waals surface area contributed by atoms with E-state index in [0.29, 0.717) is 42.6 Å². The molecule has 3 aliphatic rings. The van der Waals surface area contributed by atoms with Gasteiger partial charge in [-0.15, -0.1) is 0 Å². The van der Waals surface area contributed by atoms with Crippen molar-refractivity contribution in [2.24, 2.45) is 5.73 Å². The van der Waals surface area contributed by atoms with Crippen LogP contribution in [0.4, 0.5) is 13.2 Å². The average molecular weight is 547 g/mol. The molecule has 2 unspecified atom stereocenters. The zero-order valence-corrected chi connectivity index (χ0v) is 20.5. The summed E-state index contributed by atoms with van der Waals surface area (Å²) in [6, 6.07) is 14.2. The molecule has 0 radical (unpaired) electrons. The highest BCUT2D eigenvalue weighted by Gasteiger charge is 2.41. The van der Waals surface area contributed by atoms with E-state index in [-0.39, 0.29) is 30.7 Å². The summed E-state index contributed by atoms with van der Waals surface area (Å²) in [4.78, 5) is 61.8. The molecule has 2 aromatic rings. The van der Waals surface area contributed by atoms with E-state index in [1.54, 1.807) is 23.1 Å². The van der Waals surface area contributed by atoms with Crippen molar-refractivity contribution in [3.63, 3.8) is 0 Å². The van der Waals surface area contributed by atoms with Crippen molar-refractivity contribution >= 4 is 29.6 Å². The molecule has 0 aliphatic carbocycles. The summed E-state index contributed by atoms with van der Waals surface area (Å²) >= 11 is 0. The molecule has 39 heavy (non-hydrogen) atoms. The van der Waals surface area contributed by atoms with Crippen LogP contribution < -0.4 is 11.1 Å². The zero-order chi connectivity index (χ0) is 28.5. The van der Waals surface area contributed by atoms with E-state index >= 15 is 0 Å². The lowest BCUT2D eigenvalue weighted by molar-refractivity contribution is -0.192. The van der Waals surface area contributed by atoms with Crippen molar-refractivity contribution in [2.45, 2.75) is 43.6 Å². The largest absolute Gasteiger partial charge is 0.490 e. The number of halogens is 3. The lowest BCUT2D eigenvalue weighted by Crippen LogP contribution is -2.52. The molecule has 5 rings (SSSR count). The maximum Gasteiger partial charge on any atom is 0.490 e. The van der Waals surface area contributed by atoms with Crippen LogP contribution in [0.2, 0.25) is 0 Å². The van der Waals surface area contributed by atoms with Gasteiger partial charge in [0.05, 0.1) is 5.54 Å². The van der Waals surface area contributed by atoms with Crippen LogP contribution in [0.25, 0.3) is 0 Å². The number of nitrogens with zero attached hydrogens (tertiary/aromatic N) is 2. The number of hydrogen-bond acceptors (Lipinski definition) is 6. The lowest BCUT2D eigenvalue weighted by atomic mass is 9.90. The monoisotopic (exact) mass is 546 g/mol. The number of hydrogen-bond donors (Lipinski definition) is 3. The van der Waals surface area contributed by atoms with Gasteiger partial charge < -0.3 is 20.6 Å². The molecule has 4 amide bonds. The first-order chi connectivity index (χ1) is 18.3. The SMILES string of the molecule is NC1(c2ccccc2)CCN(C(=O)c2ccc3c(c2)CN(C2CCC(=O)NC2=O)C3=O)C1.O=C(O)C(F)(F)F. The summed E-state index contributed by atoms with van der Waals surface area (Å²) < 4.78 is 31.7. The Kier molecular flexibility index (Phi) is 7.46. The summed E-state index contributed by atoms with van der Waals surface area (Å²) in [5, 5.41) is 9.42. The molecule has 2 aromatic carbocycles. The number of aliphatic carboxylic acids is 1. The second-order valence-electron chi connectivity index (χ2n) is 9.57. The summed E-state index contributed by atoms with van der Waals surface area (Å²) in [6.07, 6.45) is -3.89. The van der Waals surface area contributed by atoms with Gasteiger partial charge in [-0.1, -0.05) is 30.3 Å². The number of carboxylic acid groups (broad SMARTS) is 1. The Morgan fingerprint density at radius 3 is 2.36 bits per heavy atom. The van der Waals surface area contributed by atoms with Gasteiger partial charge in [0.25, 0.3) is 11.8 Å². The van der Waals surface area contributed by atoms with Crippen LogP contribution in [0, 0.1) is 0 Å². The van der Waals surface area contributed by atoms with Gasteiger partial charge in [0.2, 0.25) is 11.8 Å². The molecule has 2 fully saturated rings. The number of nitrogens with two attached hydrogens (primary N) is 1. The number of imide groups is 1. The topological polar surface area (TPSA) is 150 Å². The Balaban J connectivity index is 0.000000448. The fraction of sp³-hybridized carbons (Fsp3) is 0.346. The van der Waals surface area contributed by atoms with Gasteiger partial charge in [0, 0.05) is 37.2 Å². The molecule has 13 heteroatoms. The maximum absolute atomic E-state index is 13.2. The fourth-order valence-electron chi connectivity index (χ4n) is 4.90. The second kappa shape index (κ2) is 10.5. The Morgan fingerprint density at radius 2 is 1.74 bits per heavy atom. The van der Waals surface area contributed by atoms with Crippen molar-refractivity contribution < 1.29 is 42.3 Å².